The molecule has 1 fully saturated rings. The van der Waals surface area contributed by atoms with Gasteiger partial charge in [-0.05, 0) is 37.5 Å². The molecule has 2 heterocycles. The molecular formula is C25H30N4O5. The van der Waals surface area contributed by atoms with Gasteiger partial charge in [-0.1, -0.05) is 36.4 Å². The number of benzene rings is 1. The molecule has 9 heteroatoms. The second kappa shape index (κ2) is 12.4. The third-order valence-corrected chi connectivity index (χ3v) is 5.53. The summed E-state index contributed by atoms with van der Waals surface area (Å²) in [6.45, 7) is 2.51. The highest BCUT2D eigenvalue weighted by atomic mass is 16.5. The van der Waals surface area contributed by atoms with Crippen molar-refractivity contribution in [2.75, 3.05) is 13.2 Å². The molecule has 0 bridgehead atoms. The summed E-state index contributed by atoms with van der Waals surface area (Å²) < 4.78 is 4.93. The molecule has 0 radical (unpaired) electrons. The van der Waals surface area contributed by atoms with Crippen LogP contribution in [0.25, 0.3) is 0 Å². The first-order valence-corrected chi connectivity index (χ1v) is 11.4. The van der Waals surface area contributed by atoms with E-state index in [2.05, 4.69) is 20.9 Å². The summed E-state index contributed by atoms with van der Waals surface area (Å²) in [7, 11) is 0. The van der Waals surface area contributed by atoms with Gasteiger partial charge in [0.25, 0.3) is 5.91 Å². The van der Waals surface area contributed by atoms with Gasteiger partial charge in [-0.25, -0.2) is 4.79 Å². The number of carbonyl (C=O) groups is 4. The first-order valence-electron chi connectivity index (χ1n) is 11.4. The van der Waals surface area contributed by atoms with Gasteiger partial charge < -0.3 is 25.7 Å². The predicted octanol–water partition coefficient (Wildman–Crippen LogP) is 1.49. The van der Waals surface area contributed by atoms with E-state index in [1.54, 1.807) is 25.3 Å². The fourth-order valence-electron chi connectivity index (χ4n) is 3.80. The lowest BCUT2D eigenvalue weighted by molar-refractivity contribution is -0.137. The molecule has 0 aliphatic carbocycles. The van der Waals surface area contributed by atoms with Crippen molar-refractivity contribution in [1.29, 1.82) is 0 Å². The van der Waals surface area contributed by atoms with Gasteiger partial charge in [0.15, 0.2) is 0 Å². The molecule has 0 unspecified atom stereocenters. The summed E-state index contributed by atoms with van der Waals surface area (Å²) in [6, 6.07) is 11.2. The molecule has 3 rings (SSSR count). The molecule has 1 saturated heterocycles. The lowest BCUT2D eigenvalue weighted by Crippen LogP contribution is -2.51. The molecule has 1 aromatic carbocycles. The summed E-state index contributed by atoms with van der Waals surface area (Å²) in [5.74, 6) is -1.71. The Morgan fingerprint density at radius 1 is 1.15 bits per heavy atom. The van der Waals surface area contributed by atoms with Crippen molar-refractivity contribution in [3.05, 3.63) is 72.1 Å². The number of carbonyl (C=O) groups excluding carboxylic acids is 4. The quantitative estimate of drug-likeness (QED) is 0.295. The van der Waals surface area contributed by atoms with E-state index in [9.17, 15) is 19.2 Å². The van der Waals surface area contributed by atoms with Crippen LogP contribution < -0.4 is 16.0 Å². The van der Waals surface area contributed by atoms with Crippen molar-refractivity contribution in [2.24, 2.45) is 5.92 Å². The number of amides is 3. The van der Waals surface area contributed by atoms with E-state index in [-0.39, 0.29) is 24.9 Å². The number of nitrogens with one attached hydrogen (secondary N) is 4. The van der Waals surface area contributed by atoms with Gasteiger partial charge in [-0.2, -0.15) is 0 Å². The van der Waals surface area contributed by atoms with Crippen LogP contribution in [0.4, 0.5) is 0 Å². The van der Waals surface area contributed by atoms with Crippen LogP contribution in [0.2, 0.25) is 0 Å². The Morgan fingerprint density at radius 2 is 1.94 bits per heavy atom. The number of hydrogen-bond acceptors (Lipinski definition) is 5. The van der Waals surface area contributed by atoms with Gasteiger partial charge in [-0.15, -0.1) is 0 Å². The van der Waals surface area contributed by atoms with Crippen LogP contribution in [0.3, 0.4) is 0 Å². The zero-order chi connectivity index (χ0) is 24.3. The second-order valence-corrected chi connectivity index (χ2v) is 8.04. The number of H-pyrrole nitrogens is 1. The summed E-state index contributed by atoms with van der Waals surface area (Å²) in [4.78, 5) is 52.7. The van der Waals surface area contributed by atoms with Crippen molar-refractivity contribution < 1.29 is 23.9 Å². The van der Waals surface area contributed by atoms with Crippen LogP contribution in [0, 0.1) is 5.92 Å². The van der Waals surface area contributed by atoms with Gasteiger partial charge >= 0.3 is 5.97 Å². The molecule has 9 nitrogen and oxygen atoms in total. The maximum absolute atomic E-state index is 13.3. The third kappa shape index (κ3) is 7.33. The average Bonchev–Trinajstić information content (AvgIpc) is 3.50. The minimum absolute atomic E-state index is 0.0790. The van der Waals surface area contributed by atoms with Crippen LogP contribution in [-0.4, -0.2) is 53.9 Å². The fourth-order valence-corrected chi connectivity index (χ4v) is 3.80. The van der Waals surface area contributed by atoms with Crippen molar-refractivity contribution in [3.63, 3.8) is 0 Å². The van der Waals surface area contributed by atoms with Gasteiger partial charge in [0, 0.05) is 37.2 Å². The number of aromatic amines is 1. The second-order valence-electron chi connectivity index (χ2n) is 8.04. The van der Waals surface area contributed by atoms with E-state index in [4.69, 9.17) is 4.74 Å². The van der Waals surface area contributed by atoms with Crippen LogP contribution in [0.15, 0.2) is 60.8 Å². The SMILES string of the molecule is CCOC(=O)/C=C/[C@@H](C[C@H]1CCNC1=O)NC(=O)[C@@H](Cc1ccccc1)NC(=O)c1ccc[nH]1. The Labute approximate surface area is 198 Å². The molecule has 0 saturated carbocycles. The summed E-state index contributed by atoms with van der Waals surface area (Å²) in [5.41, 5.74) is 1.22. The van der Waals surface area contributed by atoms with Gasteiger partial charge in [-0.3, -0.25) is 14.4 Å². The highest BCUT2D eigenvalue weighted by molar-refractivity contribution is 5.96. The monoisotopic (exact) mass is 466 g/mol. The average molecular weight is 467 g/mol. The van der Waals surface area contributed by atoms with Crippen molar-refractivity contribution in [1.82, 2.24) is 20.9 Å². The topological polar surface area (TPSA) is 129 Å². The van der Waals surface area contributed by atoms with E-state index in [1.807, 2.05) is 30.3 Å². The Bertz CT molecular complexity index is 1000. The first kappa shape index (κ1) is 24.8. The molecule has 1 aliphatic rings. The largest absolute Gasteiger partial charge is 0.463 e. The van der Waals surface area contributed by atoms with Crippen molar-refractivity contribution in [2.45, 2.75) is 38.3 Å². The van der Waals surface area contributed by atoms with E-state index in [0.29, 0.717) is 25.1 Å². The lowest BCUT2D eigenvalue weighted by atomic mass is 9.97. The number of rotatable bonds is 11. The zero-order valence-corrected chi connectivity index (χ0v) is 19.1. The van der Waals surface area contributed by atoms with Crippen LogP contribution in [0.1, 0.15) is 35.8 Å². The third-order valence-electron chi connectivity index (χ3n) is 5.53. The highest BCUT2D eigenvalue weighted by Crippen LogP contribution is 2.17. The Morgan fingerprint density at radius 3 is 2.59 bits per heavy atom. The summed E-state index contributed by atoms with van der Waals surface area (Å²) in [6.07, 6.45) is 5.67. The molecule has 0 spiro atoms. The van der Waals surface area contributed by atoms with Crippen LogP contribution >= 0.6 is 0 Å². The van der Waals surface area contributed by atoms with E-state index in [1.165, 1.54) is 12.2 Å². The van der Waals surface area contributed by atoms with E-state index >= 15 is 0 Å². The molecule has 1 aromatic heterocycles. The normalized spacial score (nSPS) is 17.1. The smallest absolute Gasteiger partial charge is 0.330 e. The van der Waals surface area contributed by atoms with Crippen LogP contribution in [-0.2, 0) is 25.5 Å². The molecule has 34 heavy (non-hydrogen) atoms. The molecule has 1 aliphatic heterocycles. The summed E-state index contributed by atoms with van der Waals surface area (Å²) >= 11 is 0. The zero-order valence-electron chi connectivity index (χ0n) is 19.1. The first-order chi connectivity index (χ1) is 16.5. The lowest BCUT2D eigenvalue weighted by Gasteiger charge is -2.23. The minimum Gasteiger partial charge on any atom is -0.463 e. The minimum atomic E-state index is -0.867. The standard InChI is InChI=1S/C25H30N4O5/c1-2-34-22(30)11-10-19(16-18-12-14-27-23(18)31)28-25(33)21(15-17-7-4-3-5-8-17)29-24(32)20-9-6-13-26-20/h3-11,13,18-19,21,26H,2,12,14-16H2,1H3,(H,27,31)(H,28,33)(H,29,32)/b11-10+/t18-,19+,21-/m1/s1. The Kier molecular flexibility index (Phi) is 9.02. The van der Waals surface area contributed by atoms with E-state index in [0.717, 1.165) is 5.56 Å². The highest BCUT2D eigenvalue weighted by Gasteiger charge is 2.29. The molecule has 2 aromatic rings. The molecule has 180 valence electrons. The Balaban J connectivity index is 1.76. The van der Waals surface area contributed by atoms with E-state index < -0.39 is 29.9 Å². The number of hydrogen-bond donors (Lipinski definition) is 4. The van der Waals surface area contributed by atoms with Gasteiger partial charge in [0.1, 0.15) is 11.7 Å². The van der Waals surface area contributed by atoms with Gasteiger partial charge in [0.05, 0.1) is 6.61 Å². The number of esters is 1. The van der Waals surface area contributed by atoms with Gasteiger partial charge in [0.2, 0.25) is 11.8 Å². The molecule has 4 N–H and O–H groups in total. The molecule has 3 atom stereocenters. The predicted molar refractivity (Wildman–Crippen MR) is 126 cm³/mol. The molecular weight excluding hydrogens is 436 g/mol. The number of aromatic nitrogens is 1. The number of ether oxygens (including phenoxy) is 1. The van der Waals surface area contributed by atoms with Crippen LogP contribution in [0.5, 0.6) is 0 Å². The maximum Gasteiger partial charge on any atom is 0.330 e. The maximum atomic E-state index is 13.3. The summed E-state index contributed by atoms with van der Waals surface area (Å²) in [5, 5.41) is 8.46. The van der Waals surface area contributed by atoms with Crippen molar-refractivity contribution in [3.8, 4) is 0 Å². The Hall–Kier alpha value is -3.88. The fraction of sp³-hybridized carbons (Fsp3) is 0.360. The van der Waals surface area contributed by atoms with Crippen molar-refractivity contribution >= 4 is 23.7 Å². The molecule has 3 amide bonds.